The molecule has 0 N–H and O–H groups in total. The summed E-state index contributed by atoms with van der Waals surface area (Å²) in [6, 6.07) is 37.7. The van der Waals surface area contributed by atoms with Crippen molar-refractivity contribution >= 4 is 27.6 Å². The largest absolute Gasteiger partial charge is 0.343 e. The van der Waals surface area contributed by atoms with Gasteiger partial charge in [0.15, 0.2) is 0 Å². The number of hydrogen-bond acceptors (Lipinski definition) is 1. The van der Waals surface area contributed by atoms with Gasteiger partial charge in [0, 0.05) is 60.1 Å². The third-order valence-electron chi connectivity index (χ3n) is 6.91. The Labute approximate surface area is 211 Å². The molecule has 3 heteroatoms. The molecule has 0 amide bonds. The van der Waals surface area contributed by atoms with Gasteiger partial charge in [-0.15, -0.1) is 0 Å². The molecule has 36 heavy (non-hydrogen) atoms. The molecule has 0 aliphatic heterocycles. The van der Waals surface area contributed by atoms with Crippen molar-refractivity contribution in [1.82, 2.24) is 9.13 Å². The van der Waals surface area contributed by atoms with Gasteiger partial charge in [-0.05, 0) is 34.4 Å². The fraction of sp³-hybridized carbons (Fsp3) is 0.121. The third-order valence-corrected chi connectivity index (χ3v) is 6.91. The minimum Gasteiger partial charge on any atom is -0.343 e. The number of Topliss-reactive ketones (excluding diaryl/α,β-unsaturated/α-hetero) is 1. The van der Waals surface area contributed by atoms with Gasteiger partial charge in [-0.2, -0.15) is 0 Å². The van der Waals surface area contributed by atoms with Gasteiger partial charge in [0.25, 0.3) is 0 Å². The van der Waals surface area contributed by atoms with E-state index in [0.29, 0.717) is 12.8 Å². The first-order valence-electron chi connectivity index (χ1n) is 12.5. The average Bonchev–Trinajstić information content (AvgIpc) is 3.43. The molecule has 0 saturated heterocycles. The summed E-state index contributed by atoms with van der Waals surface area (Å²) in [4.78, 5) is 13.4. The molecule has 0 saturated carbocycles. The Morgan fingerprint density at radius 2 is 0.889 bits per heavy atom. The van der Waals surface area contributed by atoms with E-state index in [4.69, 9.17) is 0 Å². The van der Waals surface area contributed by atoms with Crippen LogP contribution in [0.3, 0.4) is 0 Å². The van der Waals surface area contributed by atoms with Gasteiger partial charge in [-0.1, -0.05) is 97.1 Å². The van der Waals surface area contributed by atoms with Crippen molar-refractivity contribution in [1.29, 1.82) is 0 Å². The fourth-order valence-electron chi connectivity index (χ4n) is 5.24. The molecule has 0 atom stereocenters. The Morgan fingerprint density at radius 1 is 0.500 bits per heavy atom. The van der Waals surface area contributed by atoms with Crippen LogP contribution in [0.5, 0.6) is 0 Å². The Kier molecular flexibility index (Phi) is 5.96. The van der Waals surface area contributed by atoms with Crippen LogP contribution in [-0.4, -0.2) is 14.9 Å². The van der Waals surface area contributed by atoms with Crippen LogP contribution in [0, 0.1) is 0 Å². The molecule has 0 unspecified atom stereocenters. The molecule has 0 radical (unpaired) electrons. The molecule has 0 aliphatic carbocycles. The summed E-state index contributed by atoms with van der Waals surface area (Å²) >= 11 is 0. The van der Waals surface area contributed by atoms with Crippen molar-refractivity contribution in [3.63, 3.8) is 0 Å². The second kappa shape index (κ2) is 9.71. The van der Waals surface area contributed by atoms with Crippen LogP contribution in [0.1, 0.15) is 22.3 Å². The predicted octanol–water partition coefficient (Wildman–Crippen LogP) is 7.05. The number of nitrogens with zero attached hydrogens (tertiary/aromatic N) is 2. The Morgan fingerprint density at radius 3 is 1.33 bits per heavy atom. The Hall–Kier alpha value is -4.37. The maximum atomic E-state index is 13.4. The van der Waals surface area contributed by atoms with Crippen LogP contribution in [-0.2, 0) is 30.7 Å². The highest BCUT2D eigenvalue weighted by Gasteiger charge is 2.16. The van der Waals surface area contributed by atoms with E-state index >= 15 is 0 Å². The molecule has 6 aromatic rings. The van der Waals surface area contributed by atoms with Gasteiger partial charge < -0.3 is 9.13 Å². The minimum absolute atomic E-state index is 0.236. The monoisotopic (exact) mass is 468 g/mol. The first-order valence-corrected chi connectivity index (χ1v) is 12.5. The van der Waals surface area contributed by atoms with Crippen LogP contribution >= 0.6 is 0 Å². The Bertz CT molecular complexity index is 1520. The number of para-hydroxylation sites is 2. The molecule has 176 valence electrons. The maximum absolute atomic E-state index is 13.4. The summed E-state index contributed by atoms with van der Waals surface area (Å²) in [6.45, 7) is 1.59. The van der Waals surface area contributed by atoms with Gasteiger partial charge >= 0.3 is 0 Å². The number of aromatic nitrogens is 2. The molecular weight excluding hydrogens is 440 g/mol. The van der Waals surface area contributed by atoms with Crippen molar-refractivity contribution in [2.24, 2.45) is 0 Å². The van der Waals surface area contributed by atoms with E-state index in [9.17, 15) is 4.79 Å². The van der Waals surface area contributed by atoms with E-state index in [2.05, 4.69) is 119 Å². The van der Waals surface area contributed by atoms with Gasteiger partial charge in [0.1, 0.15) is 5.78 Å². The van der Waals surface area contributed by atoms with Crippen LogP contribution < -0.4 is 0 Å². The highest BCUT2D eigenvalue weighted by Crippen LogP contribution is 2.26. The van der Waals surface area contributed by atoms with Crippen LogP contribution in [0.15, 0.2) is 122 Å². The van der Waals surface area contributed by atoms with Crippen molar-refractivity contribution in [3.8, 4) is 0 Å². The van der Waals surface area contributed by atoms with Gasteiger partial charge in [-0.3, -0.25) is 4.79 Å². The molecule has 0 fully saturated rings. The molecule has 0 spiro atoms. The highest BCUT2D eigenvalue weighted by atomic mass is 16.1. The van der Waals surface area contributed by atoms with E-state index in [0.717, 1.165) is 35.0 Å². The zero-order valence-corrected chi connectivity index (χ0v) is 20.2. The molecule has 2 aromatic heterocycles. The molecule has 0 aliphatic rings. The van der Waals surface area contributed by atoms with E-state index in [1.807, 2.05) is 12.1 Å². The number of rotatable bonds is 8. The zero-order chi connectivity index (χ0) is 24.3. The van der Waals surface area contributed by atoms with E-state index < -0.39 is 0 Å². The molecule has 0 bridgehead atoms. The smallest absolute Gasteiger partial charge is 0.141 e. The molecule has 4 aromatic carbocycles. The van der Waals surface area contributed by atoms with Gasteiger partial charge in [-0.25, -0.2) is 0 Å². The lowest BCUT2D eigenvalue weighted by molar-refractivity contribution is -0.117. The average molecular weight is 469 g/mol. The van der Waals surface area contributed by atoms with Crippen molar-refractivity contribution in [3.05, 3.63) is 144 Å². The second-order valence-corrected chi connectivity index (χ2v) is 9.46. The normalized spacial score (nSPS) is 11.3. The summed E-state index contributed by atoms with van der Waals surface area (Å²) in [5.41, 5.74) is 7.04. The number of carbonyl (C=O) groups is 1. The van der Waals surface area contributed by atoms with Gasteiger partial charge in [0.05, 0.1) is 0 Å². The van der Waals surface area contributed by atoms with Gasteiger partial charge in [0.2, 0.25) is 0 Å². The molecule has 6 rings (SSSR count). The lowest BCUT2D eigenvalue weighted by atomic mass is 10.0. The molecular formula is C33H28N2O. The predicted molar refractivity (Wildman–Crippen MR) is 147 cm³/mol. The third kappa shape index (κ3) is 4.48. The van der Waals surface area contributed by atoms with E-state index in [-0.39, 0.29) is 5.78 Å². The van der Waals surface area contributed by atoms with Crippen molar-refractivity contribution < 1.29 is 4.79 Å². The number of carbonyl (C=O) groups excluding carboxylic acids is 1. The van der Waals surface area contributed by atoms with Crippen LogP contribution in [0.4, 0.5) is 0 Å². The topological polar surface area (TPSA) is 26.9 Å². The first-order chi connectivity index (χ1) is 17.7. The lowest BCUT2D eigenvalue weighted by Crippen LogP contribution is -2.06. The SMILES string of the molecule is O=C(Cc1cn(Cc2ccccc2)c2ccccc12)Cc1cn(Cc2ccccc2)c2ccccc12. The standard InChI is InChI=1S/C33H28N2O/c36-29(19-27-23-34(21-25-11-3-1-4-12-25)32-17-9-7-15-30(27)32)20-28-24-35(22-26-13-5-2-6-14-26)33-18-10-8-16-31(28)33/h1-18,23-24H,19-22H2. The fourth-order valence-corrected chi connectivity index (χ4v) is 5.24. The van der Waals surface area contributed by atoms with Crippen molar-refractivity contribution in [2.45, 2.75) is 25.9 Å². The number of hydrogen-bond donors (Lipinski definition) is 0. The maximum Gasteiger partial charge on any atom is 0.141 e. The highest BCUT2D eigenvalue weighted by molar-refractivity contribution is 5.94. The Balaban J connectivity index is 1.27. The number of ketones is 1. The summed E-state index contributed by atoms with van der Waals surface area (Å²) in [5.74, 6) is 0.236. The van der Waals surface area contributed by atoms with E-state index in [1.165, 1.54) is 22.2 Å². The number of benzene rings is 4. The van der Waals surface area contributed by atoms with Crippen LogP contribution in [0.2, 0.25) is 0 Å². The molecule has 2 heterocycles. The second-order valence-electron chi connectivity index (χ2n) is 9.46. The van der Waals surface area contributed by atoms with Crippen LogP contribution in [0.25, 0.3) is 21.8 Å². The zero-order valence-electron chi connectivity index (χ0n) is 20.2. The van der Waals surface area contributed by atoms with E-state index in [1.54, 1.807) is 0 Å². The summed E-state index contributed by atoms with van der Waals surface area (Å²) in [7, 11) is 0. The summed E-state index contributed by atoms with van der Waals surface area (Å²) < 4.78 is 4.53. The minimum atomic E-state index is 0.236. The quantitative estimate of drug-likeness (QED) is 0.235. The summed E-state index contributed by atoms with van der Waals surface area (Å²) in [5, 5.41) is 2.32. The molecule has 3 nitrogen and oxygen atoms in total. The summed E-state index contributed by atoms with van der Waals surface area (Å²) in [6.07, 6.45) is 5.18. The lowest BCUT2D eigenvalue weighted by Gasteiger charge is -2.05. The number of fused-ring (bicyclic) bond motifs is 2. The van der Waals surface area contributed by atoms with Crippen molar-refractivity contribution in [2.75, 3.05) is 0 Å². The first kappa shape index (κ1) is 22.1.